The van der Waals surface area contributed by atoms with Gasteiger partial charge in [0.2, 0.25) is 0 Å². The van der Waals surface area contributed by atoms with Gasteiger partial charge >= 0.3 is 0 Å². The third-order valence-corrected chi connectivity index (χ3v) is 5.78. The number of nitrogens with two attached hydrogens (primary N) is 1. The fraction of sp³-hybridized carbons (Fsp3) is 0.0476. The van der Waals surface area contributed by atoms with Crippen LogP contribution in [0.25, 0.3) is 16.5 Å². The van der Waals surface area contributed by atoms with E-state index in [1.54, 1.807) is 11.7 Å². The van der Waals surface area contributed by atoms with Gasteiger partial charge in [-0.3, -0.25) is 9.36 Å². The van der Waals surface area contributed by atoms with Crippen LogP contribution in [0.4, 0.5) is 11.5 Å². The Morgan fingerprint density at radius 3 is 2.50 bits per heavy atom. The van der Waals surface area contributed by atoms with Gasteiger partial charge in [-0.15, -0.1) is 0 Å². The Hall–Kier alpha value is -3.16. The summed E-state index contributed by atoms with van der Waals surface area (Å²) in [6.45, 7) is 0. The molecule has 7 heteroatoms. The van der Waals surface area contributed by atoms with Gasteiger partial charge in [0, 0.05) is 11.4 Å². The number of benzene rings is 3. The van der Waals surface area contributed by atoms with E-state index in [1.165, 1.54) is 11.3 Å². The number of carbonyl (C=O) groups is 1. The monoisotopic (exact) mass is 407 g/mol. The smallest absolute Gasteiger partial charge is 0.269 e. The average molecular weight is 408 g/mol. The number of aromatic nitrogens is 1. The lowest BCUT2D eigenvalue weighted by Crippen LogP contribution is -2.13. The number of nitrogens with zero attached hydrogens (tertiary/aromatic N) is 1. The molecule has 1 heterocycles. The maximum absolute atomic E-state index is 12.8. The van der Waals surface area contributed by atoms with Crippen molar-refractivity contribution in [1.82, 2.24) is 4.57 Å². The fourth-order valence-electron chi connectivity index (χ4n) is 2.98. The van der Waals surface area contributed by atoms with Crippen LogP contribution in [0.3, 0.4) is 0 Å². The molecule has 0 atom stereocenters. The summed E-state index contributed by atoms with van der Waals surface area (Å²) in [5.74, 6) is 0.771. The Kier molecular flexibility index (Phi) is 4.85. The number of methoxy groups -OCH3 is 1. The summed E-state index contributed by atoms with van der Waals surface area (Å²) in [6.07, 6.45) is 0. The largest absolute Gasteiger partial charge is 0.497 e. The van der Waals surface area contributed by atoms with E-state index < -0.39 is 0 Å². The summed E-state index contributed by atoms with van der Waals surface area (Å²) in [7, 11) is 1.61. The highest BCUT2D eigenvalue weighted by molar-refractivity contribution is 7.73. The Morgan fingerprint density at radius 2 is 1.79 bits per heavy atom. The molecular weight excluding hydrogens is 390 g/mol. The summed E-state index contributed by atoms with van der Waals surface area (Å²) in [5.41, 5.74) is 7.76. The van der Waals surface area contributed by atoms with E-state index >= 15 is 0 Å². The van der Waals surface area contributed by atoms with Gasteiger partial charge in [0.1, 0.15) is 16.4 Å². The minimum atomic E-state index is -0.281. The highest BCUT2D eigenvalue weighted by Gasteiger charge is 2.18. The third-order valence-electron chi connectivity index (χ3n) is 4.39. The van der Waals surface area contributed by atoms with Crippen molar-refractivity contribution in [2.24, 2.45) is 0 Å². The maximum atomic E-state index is 12.8. The molecule has 1 aromatic heterocycles. The highest BCUT2D eigenvalue weighted by atomic mass is 32.1. The average Bonchev–Trinajstić information content (AvgIpc) is 3.02. The van der Waals surface area contributed by atoms with E-state index in [1.807, 2.05) is 66.7 Å². The first-order chi connectivity index (χ1) is 13.6. The van der Waals surface area contributed by atoms with Crippen LogP contribution in [0, 0.1) is 3.95 Å². The number of thiazole rings is 1. The van der Waals surface area contributed by atoms with Crippen molar-refractivity contribution in [3.8, 4) is 11.4 Å². The number of nitrogens with one attached hydrogen (secondary N) is 1. The molecule has 5 nitrogen and oxygen atoms in total. The number of hydrogen-bond donors (Lipinski definition) is 2. The summed E-state index contributed by atoms with van der Waals surface area (Å²) < 4.78 is 7.37. The summed E-state index contributed by atoms with van der Waals surface area (Å²) in [4.78, 5) is 13.2. The molecule has 4 rings (SSSR count). The van der Waals surface area contributed by atoms with Gasteiger partial charge in [0.05, 0.1) is 7.11 Å². The van der Waals surface area contributed by atoms with Crippen molar-refractivity contribution in [3.05, 3.63) is 75.6 Å². The SMILES string of the molecule is COc1ccc(-n2c(N)c(C(=O)Nc3ccc4ccccc4c3)sc2=S)cc1. The molecule has 1 amide bonds. The van der Waals surface area contributed by atoms with E-state index in [9.17, 15) is 4.79 Å². The molecular formula is C21H17N3O2S2. The second kappa shape index (κ2) is 7.46. The molecule has 3 aromatic carbocycles. The van der Waals surface area contributed by atoms with E-state index in [2.05, 4.69) is 5.32 Å². The van der Waals surface area contributed by atoms with Crippen LogP contribution in [0.15, 0.2) is 66.7 Å². The lowest BCUT2D eigenvalue weighted by molar-refractivity contribution is 0.103. The fourth-order valence-corrected chi connectivity index (χ4v) is 4.24. The maximum Gasteiger partial charge on any atom is 0.269 e. The van der Waals surface area contributed by atoms with Crippen LogP contribution in [-0.2, 0) is 0 Å². The van der Waals surface area contributed by atoms with Gasteiger partial charge in [0.25, 0.3) is 5.91 Å². The second-order valence-corrected chi connectivity index (χ2v) is 7.78. The number of carbonyl (C=O) groups excluding carboxylic acids is 1. The van der Waals surface area contributed by atoms with Gasteiger partial charge in [-0.25, -0.2) is 0 Å². The summed E-state index contributed by atoms with van der Waals surface area (Å²) in [6, 6.07) is 21.1. The van der Waals surface area contributed by atoms with E-state index in [4.69, 9.17) is 22.7 Å². The zero-order valence-electron chi connectivity index (χ0n) is 15.0. The van der Waals surface area contributed by atoms with Crippen molar-refractivity contribution < 1.29 is 9.53 Å². The summed E-state index contributed by atoms with van der Waals surface area (Å²) in [5, 5.41) is 5.08. The first-order valence-electron chi connectivity index (χ1n) is 8.53. The molecule has 0 spiro atoms. The minimum Gasteiger partial charge on any atom is -0.497 e. The third kappa shape index (κ3) is 3.37. The molecule has 0 aliphatic heterocycles. The van der Waals surface area contributed by atoms with Crippen LogP contribution in [-0.4, -0.2) is 17.6 Å². The number of anilines is 2. The van der Waals surface area contributed by atoms with Gasteiger partial charge in [0.15, 0.2) is 3.95 Å². The second-order valence-electron chi connectivity index (χ2n) is 6.13. The van der Waals surface area contributed by atoms with Crippen LogP contribution < -0.4 is 15.8 Å². The quantitative estimate of drug-likeness (QED) is 0.453. The first kappa shape index (κ1) is 18.2. The highest BCUT2D eigenvalue weighted by Crippen LogP contribution is 2.28. The predicted octanol–water partition coefficient (Wildman–Crippen LogP) is 5.26. The molecule has 0 fully saturated rings. The van der Waals surface area contributed by atoms with Crippen molar-refractivity contribution in [3.63, 3.8) is 0 Å². The van der Waals surface area contributed by atoms with E-state index in [0.29, 0.717) is 20.3 Å². The number of amides is 1. The van der Waals surface area contributed by atoms with E-state index in [0.717, 1.165) is 22.2 Å². The molecule has 0 saturated heterocycles. The van der Waals surface area contributed by atoms with Crippen LogP contribution in [0.2, 0.25) is 0 Å². The molecule has 28 heavy (non-hydrogen) atoms. The minimum absolute atomic E-state index is 0.281. The van der Waals surface area contributed by atoms with Crippen molar-refractivity contribution in [1.29, 1.82) is 0 Å². The lowest BCUT2D eigenvalue weighted by Gasteiger charge is -2.08. The summed E-state index contributed by atoms with van der Waals surface area (Å²) >= 11 is 6.63. The molecule has 0 unspecified atom stereocenters. The Morgan fingerprint density at radius 1 is 1.07 bits per heavy atom. The van der Waals surface area contributed by atoms with Gasteiger partial charge in [-0.1, -0.05) is 41.7 Å². The molecule has 3 N–H and O–H groups in total. The van der Waals surface area contributed by atoms with Crippen molar-refractivity contribution >= 4 is 51.7 Å². The van der Waals surface area contributed by atoms with E-state index in [-0.39, 0.29) is 5.91 Å². The number of hydrogen-bond acceptors (Lipinski definition) is 5. The van der Waals surface area contributed by atoms with Gasteiger partial charge in [-0.2, -0.15) is 0 Å². The normalized spacial score (nSPS) is 10.8. The van der Waals surface area contributed by atoms with Gasteiger partial charge < -0.3 is 15.8 Å². The number of rotatable bonds is 4. The molecule has 0 radical (unpaired) electrons. The Balaban J connectivity index is 1.64. The van der Waals surface area contributed by atoms with Crippen LogP contribution in [0.5, 0.6) is 5.75 Å². The zero-order valence-corrected chi connectivity index (χ0v) is 16.6. The lowest BCUT2D eigenvalue weighted by atomic mass is 10.1. The van der Waals surface area contributed by atoms with Crippen molar-refractivity contribution in [2.45, 2.75) is 0 Å². The van der Waals surface area contributed by atoms with Crippen LogP contribution >= 0.6 is 23.6 Å². The van der Waals surface area contributed by atoms with Gasteiger partial charge in [-0.05, 0) is 59.4 Å². The number of ether oxygens (including phenoxy) is 1. The molecule has 4 aromatic rings. The standard InChI is InChI=1S/C21H17N3O2S2/c1-26-17-10-8-16(9-11-17)24-19(22)18(28-21(24)27)20(25)23-15-7-6-13-4-2-3-5-14(13)12-15/h2-12H,22H2,1H3,(H,23,25). The number of nitrogen functional groups attached to an aromatic ring is 1. The molecule has 0 aliphatic carbocycles. The Labute approximate surface area is 171 Å². The first-order valence-corrected chi connectivity index (χ1v) is 9.75. The Bertz CT molecular complexity index is 1230. The number of fused-ring (bicyclic) bond motifs is 1. The van der Waals surface area contributed by atoms with Crippen LogP contribution in [0.1, 0.15) is 9.67 Å². The molecule has 0 saturated carbocycles. The molecule has 0 aliphatic rings. The predicted molar refractivity (Wildman–Crippen MR) is 117 cm³/mol. The molecule has 0 bridgehead atoms. The van der Waals surface area contributed by atoms with Crippen molar-refractivity contribution in [2.75, 3.05) is 18.2 Å². The topological polar surface area (TPSA) is 69.3 Å². The zero-order chi connectivity index (χ0) is 19.7. The molecule has 140 valence electrons.